The van der Waals surface area contributed by atoms with Crippen LogP contribution in [0.1, 0.15) is 39.0 Å². The number of carbonyl (C=O) groups is 1. The molecule has 2 aliphatic rings. The second-order valence-corrected chi connectivity index (χ2v) is 5.08. The van der Waals surface area contributed by atoms with Crippen molar-refractivity contribution in [3.63, 3.8) is 0 Å². The smallest absolute Gasteiger partial charge is 0.309 e. The Hall–Kier alpha value is -0.570. The van der Waals surface area contributed by atoms with E-state index in [4.69, 9.17) is 5.11 Å². The lowest BCUT2D eigenvalue weighted by Crippen LogP contribution is -2.55. The van der Waals surface area contributed by atoms with Crippen molar-refractivity contribution < 1.29 is 9.90 Å². The highest BCUT2D eigenvalue weighted by Crippen LogP contribution is 2.33. The van der Waals surface area contributed by atoms with Crippen LogP contribution in [0.5, 0.6) is 0 Å². The number of hydrogen-bond donors (Lipinski definition) is 1. The summed E-state index contributed by atoms with van der Waals surface area (Å²) in [5.41, 5.74) is 0. The Morgan fingerprint density at radius 3 is 2.73 bits per heavy atom. The zero-order valence-corrected chi connectivity index (χ0v) is 9.48. The molecule has 0 radical (unpaired) electrons. The molecule has 86 valence electrons. The molecule has 2 fully saturated rings. The number of carboxylic acid groups (broad SMARTS) is 1. The molecule has 0 amide bonds. The van der Waals surface area contributed by atoms with Crippen molar-refractivity contribution >= 4 is 5.97 Å². The third-order valence-corrected chi connectivity index (χ3v) is 4.11. The molecule has 0 aromatic carbocycles. The van der Waals surface area contributed by atoms with Gasteiger partial charge in [-0.2, -0.15) is 0 Å². The van der Waals surface area contributed by atoms with Crippen molar-refractivity contribution in [2.24, 2.45) is 11.8 Å². The zero-order chi connectivity index (χ0) is 10.8. The van der Waals surface area contributed by atoms with Gasteiger partial charge in [0.25, 0.3) is 0 Å². The van der Waals surface area contributed by atoms with E-state index in [1.54, 1.807) is 0 Å². The fraction of sp³-hybridized carbons (Fsp3) is 0.917. The highest BCUT2D eigenvalue weighted by molar-refractivity contribution is 5.71. The van der Waals surface area contributed by atoms with Gasteiger partial charge in [0.2, 0.25) is 0 Å². The first-order valence-electron chi connectivity index (χ1n) is 6.17. The largest absolute Gasteiger partial charge is 0.481 e. The Kier molecular flexibility index (Phi) is 3.29. The lowest BCUT2D eigenvalue weighted by atomic mass is 9.81. The van der Waals surface area contributed by atoms with E-state index < -0.39 is 5.97 Å². The van der Waals surface area contributed by atoms with Gasteiger partial charge in [-0.05, 0) is 18.8 Å². The Balaban J connectivity index is 1.78. The second kappa shape index (κ2) is 4.52. The average Bonchev–Trinajstić information content (AvgIpc) is 2.15. The van der Waals surface area contributed by atoms with Gasteiger partial charge in [0, 0.05) is 19.1 Å². The van der Waals surface area contributed by atoms with Gasteiger partial charge in [-0.15, -0.1) is 0 Å². The van der Waals surface area contributed by atoms with Gasteiger partial charge in [-0.1, -0.05) is 26.2 Å². The van der Waals surface area contributed by atoms with E-state index in [0.717, 1.165) is 19.0 Å². The summed E-state index contributed by atoms with van der Waals surface area (Å²) < 4.78 is 0. The van der Waals surface area contributed by atoms with Crippen molar-refractivity contribution in [1.29, 1.82) is 0 Å². The minimum absolute atomic E-state index is 0.0907. The minimum Gasteiger partial charge on any atom is -0.481 e. The van der Waals surface area contributed by atoms with Crippen molar-refractivity contribution in [3.8, 4) is 0 Å². The van der Waals surface area contributed by atoms with Crippen LogP contribution in [0, 0.1) is 11.8 Å². The molecule has 1 aliphatic carbocycles. The van der Waals surface area contributed by atoms with Gasteiger partial charge in [0.15, 0.2) is 0 Å². The van der Waals surface area contributed by atoms with Crippen LogP contribution in [-0.4, -0.2) is 35.1 Å². The molecule has 0 aromatic rings. The van der Waals surface area contributed by atoms with Crippen molar-refractivity contribution in [3.05, 3.63) is 0 Å². The number of carboxylic acids is 1. The Labute approximate surface area is 91.5 Å². The lowest BCUT2D eigenvalue weighted by molar-refractivity contribution is -0.149. The third kappa shape index (κ3) is 2.33. The molecule has 3 heteroatoms. The predicted octanol–water partition coefficient (Wildman–Crippen LogP) is 1.97. The highest BCUT2D eigenvalue weighted by atomic mass is 16.4. The predicted molar refractivity (Wildman–Crippen MR) is 58.7 cm³/mol. The van der Waals surface area contributed by atoms with Gasteiger partial charge in [0.05, 0.1) is 5.92 Å². The van der Waals surface area contributed by atoms with Crippen molar-refractivity contribution in [1.82, 2.24) is 4.90 Å². The van der Waals surface area contributed by atoms with Crippen LogP contribution in [-0.2, 0) is 4.79 Å². The van der Waals surface area contributed by atoms with Gasteiger partial charge in [-0.3, -0.25) is 9.69 Å². The van der Waals surface area contributed by atoms with Crippen LogP contribution in [0.15, 0.2) is 0 Å². The summed E-state index contributed by atoms with van der Waals surface area (Å²) in [5, 5.41) is 8.82. The molecular weight excluding hydrogens is 190 g/mol. The molecule has 2 unspecified atom stereocenters. The summed E-state index contributed by atoms with van der Waals surface area (Å²) >= 11 is 0. The molecule has 0 spiro atoms. The van der Waals surface area contributed by atoms with Crippen LogP contribution in [0.2, 0.25) is 0 Å². The molecule has 1 saturated heterocycles. The minimum atomic E-state index is -0.617. The molecule has 15 heavy (non-hydrogen) atoms. The molecule has 3 nitrogen and oxygen atoms in total. The third-order valence-electron chi connectivity index (χ3n) is 4.11. The average molecular weight is 211 g/mol. The summed E-state index contributed by atoms with van der Waals surface area (Å²) in [4.78, 5) is 13.1. The second-order valence-electron chi connectivity index (χ2n) is 5.08. The Morgan fingerprint density at radius 1 is 1.40 bits per heavy atom. The topological polar surface area (TPSA) is 40.5 Å². The molecule has 1 N–H and O–H groups in total. The molecule has 0 bridgehead atoms. The number of likely N-dealkylation sites (tertiary alicyclic amines) is 1. The van der Waals surface area contributed by atoms with E-state index in [1.165, 1.54) is 32.1 Å². The Morgan fingerprint density at radius 2 is 2.13 bits per heavy atom. The molecule has 0 aromatic heterocycles. The maximum atomic E-state index is 10.7. The van der Waals surface area contributed by atoms with Gasteiger partial charge >= 0.3 is 5.97 Å². The summed E-state index contributed by atoms with van der Waals surface area (Å²) in [5.74, 6) is 0.175. The van der Waals surface area contributed by atoms with E-state index in [1.807, 2.05) is 0 Å². The summed E-state index contributed by atoms with van der Waals surface area (Å²) in [6, 6.07) is 0.680. The van der Waals surface area contributed by atoms with Crippen LogP contribution in [0.25, 0.3) is 0 Å². The van der Waals surface area contributed by atoms with E-state index >= 15 is 0 Å². The van der Waals surface area contributed by atoms with E-state index in [-0.39, 0.29) is 5.92 Å². The maximum Gasteiger partial charge on any atom is 0.309 e. The molecule has 2 rings (SSSR count). The highest BCUT2D eigenvalue weighted by Gasteiger charge is 2.37. The zero-order valence-electron chi connectivity index (χ0n) is 9.48. The molecule has 1 aliphatic heterocycles. The number of nitrogens with zero attached hydrogens (tertiary/aromatic N) is 1. The van der Waals surface area contributed by atoms with Crippen LogP contribution >= 0.6 is 0 Å². The number of hydrogen-bond acceptors (Lipinski definition) is 2. The SMILES string of the molecule is CCC1CCCC(N2CC(C(=O)O)C2)C1. The normalized spacial score (nSPS) is 33.7. The number of rotatable bonds is 3. The summed E-state index contributed by atoms with van der Waals surface area (Å²) in [6.45, 7) is 3.84. The standard InChI is InChI=1S/C12H21NO2/c1-2-9-4-3-5-11(6-9)13-7-10(8-13)12(14)15/h9-11H,2-8H2,1H3,(H,14,15). The maximum absolute atomic E-state index is 10.7. The van der Waals surface area contributed by atoms with Gasteiger partial charge in [0.1, 0.15) is 0 Å². The van der Waals surface area contributed by atoms with Crippen molar-refractivity contribution in [2.75, 3.05) is 13.1 Å². The van der Waals surface area contributed by atoms with Crippen LogP contribution in [0.3, 0.4) is 0 Å². The van der Waals surface area contributed by atoms with Crippen molar-refractivity contribution in [2.45, 2.75) is 45.1 Å². The van der Waals surface area contributed by atoms with E-state index in [2.05, 4.69) is 11.8 Å². The fourth-order valence-electron chi connectivity index (χ4n) is 2.93. The summed E-state index contributed by atoms with van der Waals surface area (Å²) in [6.07, 6.45) is 6.57. The van der Waals surface area contributed by atoms with E-state index in [0.29, 0.717) is 6.04 Å². The first-order valence-corrected chi connectivity index (χ1v) is 6.17. The number of aliphatic carboxylic acids is 1. The Bertz CT molecular complexity index is 236. The van der Waals surface area contributed by atoms with E-state index in [9.17, 15) is 4.79 Å². The van der Waals surface area contributed by atoms with Gasteiger partial charge in [-0.25, -0.2) is 0 Å². The monoisotopic (exact) mass is 211 g/mol. The molecular formula is C12H21NO2. The molecule has 1 saturated carbocycles. The molecule has 1 heterocycles. The quantitative estimate of drug-likeness (QED) is 0.776. The van der Waals surface area contributed by atoms with Crippen LogP contribution < -0.4 is 0 Å². The fourth-order valence-corrected chi connectivity index (χ4v) is 2.93. The lowest BCUT2D eigenvalue weighted by Gasteiger charge is -2.45. The first kappa shape index (κ1) is 10.9. The van der Waals surface area contributed by atoms with Gasteiger partial charge < -0.3 is 5.11 Å². The first-order chi connectivity index (χ1) is 7.20. The summed E-state index contributed by atoms with van der Waals surface area (Å²) in [7, 11) is 0. The molecule has 2 atom stereocenters. The van der Waals surface area contributed by atoms with Crippen LogP contribution in [0.4, 0.5) is 0 Å².